The van der Waals surface area contributed by atoms with Crippen molar-refractivity contribution in [1.82, 2.24) is 29.5 Å². The number of nitrogens with zero attached hydrogens (tertiary/aromatic N) is 5. The molecule has 3 heterocycles. The van der Waals surface area contributed by atoms with Crippen LogP contribution in [0.3, 0.4) is 0 Å². The fourth-order valence-corrected chi connectivity index (χ4v) is 3.82. The molecule has 0 aliphatic carbocycles. The van der Waals surface area contributed by atoms with E-state index in [4.69, 9.17) is 11.6 Å². The summed E-state index contributed by atoms with van der Waals surface area (Å²) in [4.78, 5) is 33.0. The zero-order valence-corrected chi connectivity index (χ0v) is 17.5. The van der Waals surface area contributed by atoms with Crippen molar-refractivity contribution in [2.75, 3.05) is 5.32 Å². The molecule has 0 aliphatic rings. The summed E-state index contributed by atoms with van der Waals surface area (Å²) in [5.41, 5.74) is -0.638. The Kier molecular flexibility index (Phi) is 4.97. The molecule has 1 atom stereocenters. The van der Waals surface area contributed by atoms with Crippen LogP contribution in [0.25, 0.3) is 27.8 Å². The second kappa shape index (κ2) is 7.85. The molecule has 33 heavy (non-hydrogen) atoms. The van der Waals surface area contributed by atoms with Gasteiger partial charge in [-0.15, -0.1) is 0 Å². The summed E-state index contributed by atoms with van der Waals surface area (Å²) >= 11 is 6.02. The van der Waals surface area contributed by atoms with Crippen LogP contribution in [0, 0.1) is 17.5 Å². The fraction of sp³-hybridized carbons (Fsp3) is 0.0952. The van der Waals surface area contributed by atoms with Gasteiger partial charge in [0.15, 0.2) is 11.5 Å². The Morgan fingerprint density at radius 3 is 2.58 bits per heavy atom. The van der Waals surface area contributed by atoms with E-state index >= 15 is 0 Å². The molecular weight excluding hydrogens is 459 g/mol. The van der Waals surface area contributed by atoms with E-state index in [1.165, 1.54) is 18.7 Å². The molecule has 0 fully saturated rings. The molecule has 0 aliphatic heterocycles. The third-order valence-electron chi connectivity index (χ3n) is 5.07. The summed E-state index contributed by atoms with van der Waals surface area (Å²) in [6.45, 7) is 1.62. The monoisotopic (exact) mass is 471 g/mol. The summed E-state index contributed by atoms with van der Waals surface area (Å²) in [5.74, 6) is -2.61. The van der Waals surface area contributed by atoms with Gasteiger partial charge in [0, 0.05) is 0 Å². The first kappa shape index (κ1) is 20.9. The molecule has 0 saturated heterocycles. The van der Waals surface area contributed by atoms with Crippen molar-refractivity contribution in [1.29, 1.82) is 0 Å². The first-order valence-corrected chi connectivity index (χ1v) is 10.00. The van der Waals surface area contributed by atoms with E-state index in [1.807, 2.05) is 0 Å². The summed E-state index contributed by atoms with van der Waals surface area (Å²) in [6, 6.07) is 4.69. The molecular formula is C21H13ClF3N7O. The number of aromatic amines is 1. The number of imidazole rings is 1. The molecule has 3 aromatic heterocycles. The largest absolute Gasteiger partial charge is 0.358 e. The van der Waals surface area contributed by atoms with Crippen LogP contribution in [-0.2, 0) is 0 Å². The molecule has 0 spiro atoms. The lowest BCUT2D eigenvalue weighted by molar-refractivity contribution is 0.557. The molecule has 1 unspecified atom stereocenters. The van der Waals surface area contributed by atoms with Crippen molar-refractivity contribution in [2.24, 2.45) is 0 Å². The number of halogens is 4. The number of aromatic nitrogens is 6. The van der Waals surface area contributed by atoms with Crippen LogP contribution in [0.4, 0.5) is 19.0 Å². The van der Waals surface area contributed by atoms with Crippen molar-refractivity contribution in [3.8, 4) is 5.69 Å². The maximum atomic E-state index is 14.7. The van der Waals surface area contributed by atoms with E-state index in [9.17, 15) is 18.0 Å². The van der Waals surface area contributed by atoms with E-state index in [-0.39, 0.29) is 16.7 Å². The standard InChI is InChI=1S/C21H13ClF3N7O/c1-9(30-19-16-18(27-7-26-16)28-8-29-19)20-31-13-6-5-10(23)15(22)14(13)21(33)32(20)17-11(24)3-2-4-12(17)25/h2-9H,1H3,(H2,26,27,28,29,30). The van der Waals surface area contributed by atoms with Gasteiger partial charge in [-0.05, 0) is 31.2 Å². The molecule has 2 aromatic carbocycles. The highest BCUT2D eigenvalue weighted by atomic mass is 35.5. The summed E-state index contributed by atoms with van der Waals surface area (Å²) in [7, 11) is 0. The Morgan fingerprint density at radius 2 is 1.82 bits per heavy atom. The zero-order valence-electron chi connectivity index (χ0n) is 16.8. The molecule has 5 rings (SSSR count). The van der Waals surface area contributed by atoms with Crippen molar-refractivity contribution >= 4 is 39.5 Å². The molecule has 2 N–H and O–H groups in total. The lowest BCUT2D eigenvalue weighted by Crippen LogP contribution is -2.29. The Labute approximate surface area is 188 Å². The average molecular weight is 472 g/mol. The molecule has 0 radical (unpaired) electrons. The maximum absolute atomic E-state index is 14.7. The molecule has 8 nitrogen and oxygen atoms in total. The fourth-order valence-electron chi connectivity index (χ4n) is 3.58. The topological polar surface area (TPSA) is 101 Å². The second-order valence-electron chi connectivity index (χ2n) is 7.12. The summed E-state index contributed by atoms with van der Waals surface area (Å²) in [6.07, 6.45) is 2.74. The molecule has 166 valence electrons. The third kappa shape index (κ3) is 3.37. The second-order valence-corrected chi connectivity index (χ2v) is 7.50. The normalized spacial score (nSPS) is 12.4. The van der Waals surface area contributed by atoms with Gasteiger partial charge in [0.2, 0.25) is 0 Å². The Balaban J connectivity index is 1.78. The van der Waals surface area contributed by atoms with E-state index in [0.717, 1.165) is 28.8 Å². The molecule has 12 heteroatoms. The van der Waals surface area contributed by atoms with E-state index < -0.39 is 39.8 Å². The van der Waals surface area contributed by atoms with Crippen molar-refractivity contribution in [2.45, 2.75) is 13.0 Å². The predicted molar refractivity (Wildman–Crippen MR) is 116 cm³/mol. The van der Waals surface area contributed by atoms with Gasteiger partial charge in [0.1, 0.15) is 40.8 Å². The maximum Gasteiger partial charge on any atom is 0.267 e. The van der Waals surface area contributed by atoms with Gasteiger partial charge in [-0.1, -0.05) is 17.7 Å². The van der Waals surface area contributed by atoms with Crippen molar-refractivity contribution < 1.29 is 13.2 Å². The minimum atomic E-state index is -1.00. The van der Waals surface area contributed by atoms with E-state index in [2.05, 4.69) is 30.2 Å². The lowest BCUT2D eigenvalue weighted by atomic mass is 10.2. The number of fused-ring (bicyclic) bond motifs is 2. The third-order valence-corrected chi connectivity index (χ3v) is 5.44. The number of H-pyrrole nitrogens is 1. The number of hydrogen-bond donors (Lipinski definition) is 2. The zero-order chi connectivity index (χ0) is 23.3. The minimum absolute atomic E-state index is 0.0542. The van der Waals surface area contributed by atoms with Crippen LogP contribution in [0.1, 0.15) is 18.8 Å². The Morgan fingerprint density at radius 1 is 1.06 bits per heavy atom. The Bertz CT molecular complexity index is 1580. The van der Waals surface area contributed by atoms with Crippen LogP contribution in [0.15, 0.2) is 47.8 Å². The van der Waals surface area contributed by atoms with Gasteiger partial charge in [-0.2, -0.15) is 0 Å². The molecule has 5 aromatic rings. The number of rotatable bonds is 4. The molecule has 0 amide bonds. The van der Waals surface area contributed by atoms with Gasteiger partial charge >= 0.3 is 0 Å². The van der Waals surface area contributed by atoms with Crippen molar-refractivity contribution in [3.63, 3.8) is 0 Å². The van der Waals surface area contributed by atoms with Crippen LogP contribution in [0.2, 0.25) is 5.02 Å². The van der Waals surface area contributed by atoms with Gasteiger partial charge < -0.3 is 10.3 Å². The van der Waals surface area contributed by atoms with Gasteiger partial charge in [-0.3, -0.25) is 9.36 Å². The molecule has 0 bridgehead atoms. The van der Waals surface area contributed by atoms with Crippen molar-refractivity contribution in [3.05, 3.63) is 81.6 Å². The summed E-state index contributed by atoms with van der Waals surface area (Å²) in [5, 5.41) is 2.26. The highest BCUT2D eigenvalue weighted by Crippen LogP contribution is 2.28. The SMILES string of the molecule is CC(Nc1ncnc2[nH]cnc12)c1nc2ccc(F)c(Cl)c2c(=O)n1-c1c(F)cccc1F. The Hall–Kier alpha value is -3.99. The lowest BCUT2D eigenvalue weighted by Gasteiger charge is -2.21. The highest BCUT2D eigenvalue weighted by molar-refractivity contribution is 6.35. The number of hydrogen-bond acceptors (Lipinski definition) is 6. The van der Waals surface area contributed by atoms with Gasteiger partial charge in [0.25, 0.3) is 5.56 Å². The first-order chi connectivity index (χ1) is 15.9. The van der Waals surface area contributed by atoms with Crippen LogP contribution in [-0.4, -0.2) is 29.5 Å². The number of para-hydroxylation sites is 1. The minimum Gasteiger partial charge on any atom is -0.358 e. The van der Waals surface area contributed by atoms with Crippen LogP contribution in [0.5, 0.6) is 0 Å². The van der Waals surface area contributed by atoms with E-state index in [1.54, 1.807) is 6.92 Å². The predicted octanol–water partition coefficient (Wildman–Crippen LogP) is 4.30. The van der Waals surface area contributed by atoms with Crippen LogP contribution >= 0.6 is 11.6 Å². The average Bonchev–Trinajstić information content (AvgIpc) is 3.27. The smallest absolute Gasteiger partial charge is 0.267 e. The number of anilines is 1. The van der Waals surface area contributed by atoms with Crippen LogP contribution < -0.4 is 10.9 Å². The van der Waals surface area contributed by atoms with Gasteiger partial charge in [-0.25, -0.2) is 33.1 Å². The van der Waals surface area contributed by atoms with E-state index in [0.29, 0.717) is 17.0 Å². The first-order valence-electron chi connectivity index (χ1n) is 9.62. The van der Waals surface area contributed by atoms with Gasteiger partial charge in [0.05, 0.1) is 28.3 Å². The number of benzene rings is 2. The highest BCUT2D eigenvalue weighted by Gasteiger charge is 2.25. The number of nitrogens with one attached hydrogen (secondary N) is 2. The summed E-state index contributed by atoms with van der Waals surface area (Å²) < 4.78 is 44.3. The molecule has 0 saturated carbocycles. The quantitative estimate of drug-likeness (QED) is 0.405.